The van der Waals surface area contributed by atoms with Crippen LogP contribution in [-0.4, -0.2) is 22.7 Å². The van der Waals surface area contributed by atoms with Gasteiger partial charge in [0.25, 0.3) is 0 Å². The summed E-state index contributed by atoms with van der Waals surface area (Å²) in [5.74, 6) is 1.91. The van der Waals surface area contributed by atoms with Crippen molar-refractivity contribution >= 4 is 11.8 Å². The molecule has 0 spiro atoms. The van der Waals surface area contributed by atoms with E-state index in [0.717, 1.165) is 37.2 Å². The van der Waals surface area contributed by atoms with Crippen molar-refractivity contribution in [2.45, 2.75) is 59.4 Å². The Balaban J connectivity index is 4.00. The maximum absolute atomic E-state index is 9.47. The lowest BCUT2D eigenvalue weighted by Gasteiger charge is -2.14. The van der Waals surface area contributed by atoms with E-state index in [1.54, 1.807) is 18.0 Å². The summed E-state index contributed by atoms with van der Waals surface area (Å²) < 4.78 is 0. The number of hydrogen-bond acceptors (Lipinski definition) is 3. The van der Waals surface area contributed by atoms with Crippen LogP contribution in [0.3, 0.4) is 0 Å². The summed E-state index contributed by atoms with van der Waals surface area (Å²) >= 11 is 1.78. The molecular formula is C21H35NOS. The first-order chi connectivity index (χ1) is 11.4. The van der Waals surface area contributed by atoms with Gasteiger partial charge in [-0.1, -0.05) is 48.1 Å². The Morgan fingerprint density at radius 3 is 2.17 bits per heavy atom. The van der Waals surface area contributed by atoms with Crippen LogP contribution in [0.4, 0.5) is 0 Å². The number of aliphatic hydroxyl groups is 1. The van der Waals surface area contributed by atoms with Gasteiger partial charge in [0.05, 0.1) is 6.04 Å². The highest BCUT2D eigenvalue weighted by atomic mass is 32.2. The highest BCUT2D eigenvalue weighted by Crippen LogP contribution is 2.13. The molecule has 0 fully saturated rings. The summed E-state index contributed by atoms with van der Waals surface area (Å²) in [6.07, 6.45) is 13.1. The molecule has 0 aromatic heterocycles. The molecule has 0 saturated carbocycles. The minimum atomic E-state index is -0.118. The zero-order chi connectivity index (χ0) is 18.4. The van der Waals surface area contributed by atoms with Crippen LogP contribution in [0.5, 0.6) is 0 Å². The smallest absolute Gasteiger partial charge is 0.108 e. The molecule has 2 nitrogen and oxygen atoms in total. The molecule has 0 heterocycles. The lowest BCUT2D eigenvalue weighted by molar-refractivity contribution is 0.366. The van der Waals surface area contributed by atoms with Gasteiger partial charge in [-0.3, -0.25) is 0 Å². The average molecular weight is 350 g/mol. The van der Waals surface area contributed by atoms with Crippen LogP contribution >= 0.6 is 11.8 Å². The molecule has 0 saturated heterocycles. The summed E-state index contributed by atoms with van der Waals surface area (Å²) in [4.78, 5) is 0. The number of aliphatic hydroxyl groups excluding tert-OH is 1. The van der Waals surface area contributed by atoms with Crippen LogP contribution in [0.25, 0.3) is 0 Å². The Morgan fingerprint density at radius 1 is 1.04 bits per heavy atom. The van der Waals surface area contributed by atoms with Crippen molar-refractivity contribution in [1.82, 2.24) is 5.32 Å². The fourth-order valence-electron chi connectivity index (χ4n) is 2.11. The third kappa shape index (κ3) is 13.1. The summed E-state index contributed by atoms with van der Waals surface area (Å²) in [7, 11) is 0. The first-order valence-corrected chi connectivity index (χ1v) is 9.79. The molecule has 24 heavy (non-hydrogen) atoms. The van der Waals surface area contributed by atoms with Crippen LogP contribution in [0.15, 0.2) is 60.1 Å². The van der Waals surface area contributed by atoms with E-state index in [9.17, 15) is 5.11 Å². The summed E-state index contributed by atoms with van der Waals surface area (Å²) in [6, 6.07) is -0.118. The molecule has 0 rings (SSSR count). The summed E-state index contributed by atoms with van der Waals surface area (Å²) in [5, 5.41) is 12.5. The quantitative estimate of drug-likeness (QED) is 0.232. The van der Waals surface area contributed by atoms with Gasteiger partial charge < -0.3 is 10.4 Å². The van der Waals surface area contributed by atoms with E-state index in [1.807, 2.05) is 0 Å². The van der Waals surface area contributed by atoms with Crippen LogP contribution in [-0.2, 0) is 0 Å². The zero-order valence-corrected chi connectivity index (χ0v) is 16.7. The van der Waals surface area contributed by atoms with E-state index in [-0.39, 0.29) is 11.8 Å². The number of nitrogens with one attached hydrogen (secondary N) is 1. The Hall–Kier alpha value is -1.35. The number of hydrogen-bond donors (Lipinski definition) is 2. The van der Waals surface area contributed by atoms with Crippen LogP contribution in [0.1, 0.15) is 53.4 Å². The van der Waals surface area contributed by atoms with E-state index in [4.69, 9.17) is 0 Å². The van der Waals surface area contributed by atoms with Gasteiger partial charge in [0, 0.05) is 11.5 Å². The molecule has 0 aliphatic carbocycles. The van der Waals surface area contributed by atoms with Crippen molar-refractivity contribution in [3.05, 3.63) is 60.1 Å². The van der Waals surface area contributed by atoms with Crippen molar-refractivity contribution in [1.29, 1.82) is 0 Å². The largest absolute Gasteiger partial charge is 0.511 e. The number of allylic oxidation sites excluding steroid dienone is 5. The fourth-order valence-corrected chi connectivity index (χ4v) is 3.17. The minimum absolute atomic E-state index is 0.118. The standard InChI is InChI=1S/C21H35NOS/c1-7-22-21(20(6)23)16-24-15-14-19(5)13-9-12-18(4)11-8-10-17(2)3/h7,10,12,14,21-23H,1,6,8-9,11,13,15-16H2,2-5H3/b18-12+,19-14+. The Kier molecular flexibility index (Phi) is 13.2. The Labute approximate surface area is 153 Å². The molecule has 136 valence electrons. The van der Waals surface area contributed by atoms with Crippen LogP contribution < -0.4 is 5.32 Å². The van der Waals surface area contributed by atoms with Crippen molar-refractivity contribution in [2.75, 3.05) is 11.5 Å². The predicted molar refractivity (Wildman–Crippen MR) is 112 cm³/mol. The Morgan fingerprint density at radius 2 is 1.62 bits per heavy atom. The molecule has 0 radical (unpaired) electrons. The van der Waals surface area contributed by atoms with Gasteiger partial charge in [-0.25, -0.2) is 0 Å². The fraction of sp³-hybridized carbons (Fsp3) is 0.524. The Bertz CT molecular complexity index is 470. The average Bonchev–Trinajstić information content (AvgIpc) is 2.49. The molecule has 0 aliphatic rings. The molecule has 1 unspecified atom stereocenters. The van der Waals surface area contributed by atoms with E-state index >= 15 is 0 Å². The second kappa shape index (κ2) is 14.0. The van der Waals surface area contributed by atoms with Crippen molar-refractivity contribution < 1.29 is 5.11 Å². The van der Waals surface area contributed by atoms with Gasteiger partial charge in [-0.2, -0.15) is 11.8 Å². The molecule has 2 N–H and O–H groups in total. The highest BCUT2D eigenvalue weighted by Gasteiger charge is 2.08. The van der Waals surface area contributed by atoms with Crippen molar-refractivity contribution in [2.24, 2.45) is 0 Å². The SMILES string of the molecule is C=CNC(CSC/C=C(\C)CC/C=C(\C)CCC=C(C)C)C(=C)O. The maximum Gasteiger partial charge on any atom is 0.108 e. The third-order valence-electron chi connectivity index (χ3n) is 3.68. The molecule has 0 aromatic carbocycles. The molecule has 0 aromatic rings. The number of thioether (sulfide) groups is 1. The molecule has 0 aliphatic heterocycles. The number of rotatable bonds is 13. The lowest BCUT2D eigenvalue weighted by Crippen LogP contribution is -2.28. The monoisotopic (exact) mass is 349 g/mol. The molecule has 0 bridgehead atoms. The lowest BCUT2D eigenvalue weighted by atomic mass is 10.1. The molecule has 1 atom stereocenters. The second-order valence-electron chi connectivity index (χ2n) is 6.41. The topological polar surface area (TPSA) is 32.3 Å². The molecule has 0 amide bonds. The van der Waals surface area contributed by atoms with Crippen LogP contribution in [0, 0.1) is 0 Å². The first-order valence-electron chi connectivity index (χ1n) is 8.63. The zero-order valence-electron chi connectivity index (χ0n) is 15.9. The summed E-state index contributed by atoms with van der Waals surface area (Å²) in [5.41, 5.74) is 4.30. The van der Waals surface area contributed by atoms with Gasteiger partial charge in [0.15, 0.2) is 0 Å². The van der Waals surface area contributed by atoms with Crippen molar-refractivity contribution in [3.63, 3.8) is 0 Å². The molecular weight excluding hydrogens is 314 g/mol. The first kappa shape index (κ1) is 22.6. The maximum atomic E-state index is 9.47. The van der Waals surface area contributed by atoms with Crippen molar-refractivity contribution in [3.8, 4) is 0 Å². The van der Waals surface area contributed by atoms with Crippen LogP contribution in [0.2, 0.25) is 0 Å². The van der Waals surface area contributed by atoms with E-state index in [1.165, 1.54) is 16.7 Å². The highest BCUT2D eigenvalue weighted by molar-refractivity contribution is 7.99. The normalized spacial score (nSPS) is 13.3. The van der Waals surface area contributed by atoms with Gasteiger partial charge in [-0.15, -0.1) is 0 Å². The van der Waals surface area contributed by atoms with Gasteiger partial charge >= 0.3 is 0 Å². The third-order valence-corrected chi connectivity index (χ3v) is 4.65. The van der Waals surface area contributed by atoms with E-state index in [2.05, 4.69) is 64.4 Å². The van der Waals surface area contributed by atoms with Gasteiger partial charge in [-0.05, 0) is 59.6 Å². The van der Waals surface area contributed by atoms with E-state index < -0.39 is 0 Å². The van der Waals surface area contributed by atoms with Gasteiger partial charge in [0.1, 0.15) is 5.76 Å². The summed E-state index contributed by atoms with van der Waals surface area (Å²) in [6.45, 7) is 15.9. The second-order valence-corrected chi connectivity index (χ2v) is 7.49. The minimum Gasteiger partial charge on any atom is -0.511 e. The van der Waals surface area contributed by atoms with Gasteiger partial charge in [0.2, 0.25) is 0 Å². The van der Waals surface area contributed by atoms with E-state index in [0.29, 0.717) is 0 Å². The molecule has 3 heteroatoms. The predicted octanol–water partition coefficient (Wildman–Crippen LogP) is 6.31.